The Morgan fingerprint density at radius 3 is 1.27 bits per heavy atom. The molecule has 0 aliphatic heterocycles. The van der Waals surface area contributed by atoms with E-state index in [-0.39, 0.29) is 33.7 Å². The third-order valence-electron chi connectivity index (χ3n) is 2.29. The van der Waals surface area contributed by atoms with Gasteiger partial charge in [-0.05, 0) is 0 Å². The molecule has 15 heavy (non-hydrogen) atoms. The predicted octanol–water partition coefficient (Wildman–Crippen LogP) is -2.38. The Morgan fingerprint density at radius 2 is 1.07 bits per heavy atom. The van der Waals surface area contributed by atoms with Crippen LogP contribution in [-0.2, 0) is 0 Å². The summed E-state index contributed by atoms with van der Waals surface area (Å²) in [4.78, 5) is 1.47. The number of rotatable bonds is 8. The van der Waals surface area contributed by atoms with E-state index in [0.29, 0.717) is 0 Å². The van der Waals surface area contributed by atoms with Gasteiger partial charge >= 0.3 is 0 Å². The van der Waals surface area contributed by atoms with Crippen LogP contribution >= 0.6 is 0 Å². The Kier molecular flexibility index (Phi) is 10.3. The fraction of sp³-hybridized carbons (Fsp3) is 1.00. The standard InChI is InChI=1S/C8H19NO5.CH4/c10-3-1-9(2-4-11)8(5-12,6-13)7-14;/h10-14H,1-7H2;1H4. The molecule has 6 heteroatoms. The molecule has 0 saturated carbocycles. The zero-order valence-corrected chi connectivity index (χ0v) is 8.13. The van der Waals surface area contributed by atoms with Crippen molar-refractivity contribution in [1.82, 2.24) is 4.90 Å². The van der Waals surface area contributed by atoms with Crippen LogP contribution in [0.4, 0.5) is 0 Å². The first-order chi connectivity index (χ1) is 6.70. The summed E-state index contributed by atoms with van der Waals surface area (Å²) in [6.45, 7) is -1.26. The molecule has 0 aromatic heterocycles. The molecule has 0 aliphatic rings. The Hall–Kier alpha value is -0.240. The van der Waals surface area contributed by atoms with Crippen LogP contribution in [-0.4, -0.2) is 82.1 Å². The maximum atomic E-state index is 9.08. The van der Waals surface area contributed by atoms with E-state index in [1.165, 1.54) is 4.90 Å². The van der Waals surface area contributed by atoms with E-state index in [1.807, 2.05) is 0 Å². The van der Waals surface area contributed by atoms with Gasteiger partial charge in [-0.2, -0.15) is 0 Å². The molecule has 0 saturated heterocycles. The molecule has 5 N–H and O–H groups in total. The summed E-state index contributed by atoms with van der Waals surface area (Å²) in [7, 11) is 0. The van der Waals surface area contributed by atoms with Gasteiger partial charge in [0.2, 0.25) is 0 Å². The lowest BCUT2D eigenvalue weighted by molar-refractivity contribution is -0.0578. The molecule has 6 nitrogen and oxygen atoms in total. The van der Waals surface area contributed by atoms with Crippen LogP contribution in [0, 0.1) is 0 Å². The summed E-state index contributed by atoms with van der Waals surface area (Å²) in [5, 5.41) is 44.7. The fourth-order valence-electron chi connectivity index (χ4n) is 1.28. The Labute approximate surface area is 90.4 Å². The first-order valence-corrected chi connectivity index (χ1v) is 4.50. The van der Waals surface area contributed by atoms with Crippen LogP contribution < -0.4 is 0 Å². The van der Waals surface area contributed by atoms with Crippen molar-refractivity contribution in [2.75, 3.05) is 46.1 Å². The highest BCUT2D eigenvalue weighted by Crippen LogP contribution is 2.13. The van der Waals surface area contributed by atoms with Crippen LogP contribution in [0.15, 0.2) is 0 Å². The molecule has 0 aliphatic carbocycles. The van der Waals surface area contributed by atoms with E-state index in [0.717, 1.165) is 0 Å². The minimum Gasteiger partial charge on any atom is -0.395 e. The Morgan fingerprint density at radius 1 is 0.733 bits per heavy atom. The van der Waals surface area contributed by atoms with Crippen molar-refractivity contribution in [1.29, 1.82) is 0 Å². The van der Waals surface area contributed by atoms with Crippen molar-refractivity contribution in [3.63, 3.8) is 0 Å². The summed E-state index contributed by atoms with van der Waals surface area (Å²) in [5.74, 6) is 0. The summed E-state index contributed by atoms with van der Waals surface area (Å²) < 4.78 is 0. The van der Waals surface area contributed by atoms with Gasteiger partial charge in [0.15, 0.2) is 0 Å². The first-order valence-electron chi connectivity index (χ1n) is 4.50. The highest BCUT2D eigenvalue weighted by Gasteiger charge is 2.34. The van der Waals surface area contributed by atoms with Crippen LogP contribution in [0.2, 0.25) is 0 Å². The second-order valence-electron chi connectivity index (χ2n) is 3.13. The van der Waals surface area contributed by atoms with E-state index < -0.39 is 25.4 Å². The molecular formula is C9H23NO5. The minimum absolute atomic E-state index is 0. The zero-order valence-electron chi connectivity index (χ0n) is 8.13. The molecule has 0 atom stereocenters. The lowest BCUT2D eigenvalue weighted by atomic mass is 10.0. The second-order valence-corrected chi connectivity index (χ2v) is 3.13. The smallest absolute Gasteiger partial charge is 0.0908 e. The topological polar surface area (TPSA) is 104 Å². The van der Waals surface area contributed by atoms with Crippen molar-refractivity contribution in [3.8, 4) is 0 Å². The van der Waals surface area contributed by atoms with E-state index in [1.54, 1.807) is 0 Å². The van der Waals surface area contributed by atoms with Gasteiger partial charge in [0, 0.05) is 13.1 Å². The maximum Gasteiger partial charge on any atom is 0.0908 e. The number of hydrogen-bond donors (Lipinski definition) is 5. The van der Waals surface area contributed by atoms with Crippen molar-refractivity contribution < 1.29 is 25.5 Å². The monoisotopic (exact) mass is 225 g/mol. The quantitative estimate of drug-likeness (QED) is 0.316. The zero-order chi connectivity index (χ0) is 11.0. The summed E-state index contributed by atoms with van der Waals surface area (Å²) in [6.07, 6.45) is 0. The lowest BCUT2D eigenvalue weighted by Gasteiger charge is -2.39. The van der Waals surface area contributed by atoms with Crippen molar-refractivity contribution in [3.05, 3.63) is 0 Å². The molecule has 0 bridgehead atoms. The number of nitrogens with zero attached hydrogens (tertiary/aromatic N) is 1. The number of β-amino-alcohol motifs (C(OH)–C–C–N with tert-alkyl or cyclic N) is 2. The average molecular weight is 225 g/mol. The molecule has 0 unspecified atom stereocenters. The van der Waals surface area contributed by atoms with Gasteiger partial charge in [-0.1, -0.05) is 7.43 Å². The number of aliphatic hydroxyl groups is 5. The molecule has 0 fully saturated rings. The maximum absolute atomic E-state index is 9.08. The highest BCUT2D eigenvalue weighted by molar-refractivity contribution is 4.89. The number of hydrogen-bond acceptors (Lipinski definition) is 6. The lowest BCUT2D eigenvalue weighted by Crippen LogP contribution is -2.58. The van der Waals surface area contributed by atoms with Crippen LogP contribution in [0.25, 0.3) is 0 Å². The Bertz CT molecular complexity index is 126. The second kappa shape index (κ2) is 9.02. The van der Waals surface area contributed by atoms with Gasteiger partial charge < -0.3 is 25.5 Å². The molecule has 0 rings (SSSR count). The van der Waals surface area contributed by atoms with Gasteiger partial charge in [-0.25, -0.2) is 0 Å². The van der Waals surface area contributed by atoms with Gasteiger partial charge in [-0.15, -0.1) is 0 Å². The van der Waals surface area contributed by atoms with E-state index in [2.05, 4.69) is 0 Å². The molecular weight excluding hydrogens is 202 g/mol. The minimum atomic E-state index is -1.18. The molecule has 0 heterocycles. The van der Waals surface area contributed by atoms with Crippen LogP contribution in [0.1, 0.15) is 7.43 Å². The van der Waals surface area contributed by atoms with E-state index in [4.69, 9.17) is 25.5 Å². The average Bonchev–Trinajstić information content (AvgIpc) is 2.22. The van der Waals surface area contributed by atoms with Crippen molar-refractivity contribution in [2.45, 2.75) is 13.0 Å². The van der Waals surface area contributed by atoms with Crippen LogP contribution in [0.3, 0.4) is 0 Å². The predicted molar refractivity (Wildman–Crippen MR) is 56.5 cm³/mol. The summed E-state index contributed by atoms with van der Waals surface area (Å²) in [6, 6.07) is 0. The van der Waals surface area contributed by atoms with Gasteiger partial charge in [0.05, 0.1) is 38.6 Å². The normalized spacial score (nSPS) is 11.6. The summed E-state index contributed by atoms with van der Waals surface area (Å²) >= 11 is 0. The van der Waals surface area contributed by atoms with Crippen molar-refractivity contribution in [2.24, 2.45) is 0 Å². The molecule has 0 spiro atoms. The Balaban J connectivity index is 0. The molecule has 0 amide bonds. The van der Waals surface area contributed by atoms with E-state index in [9.17, 15) is 0 Å². The molecule has 0 radical (unpaired) electrons. The summed E-state index contributed by atoms with van der Waals surface area (Å²) in [5.41, 5.74) is -1.18. The third kappa shape index (κ3) is 4.42. The first kappa shape index (κ1) is 17.2. The molecule has 0 aromatic carbocycles. The largest absolute Gasteiger partial charge is 0.395 e. The van der Waals surface area contributed by atoms with Gasteiger partial charge in [0.25, 0.3) is 0 Å². The molecule has 0 aromatic rings. The van der Waals surface area contributed by atoms with Gasteiger partial charge in [-0.3, -0.25) is 4.90 Å². The number of aliphatic hydroxyl groups excluding tert-OH is 5. The van der Waals surface area contributed by atoms with Crippen LogP contribution in [0.5, 0.6) is 0 Å². The molecule has 94 valence electrons. The van der Waals surface area contributed by atoms with Crippen molar-refractivity contribution >= 4 is 0 Å². The highest BCUT2D eigenvalue weighted by atomic mass is 16.3. The van der Waals surface area contributed by atoms with E-state index >= 15 is 0 Å². The SMILES string of the molecule is C.OCCN(CCO)C(CO)(CO)CO. The third-order valence-corrected chi connectivity index (χ3v) is 2.29. The fourth-order valence-corrected chi connectivity index (χ4v) is 1.28. The van der Waals surface area contributed by atoms with Gasteiger partial charge in [0.1, 0.15) is 0 Å².